The summed E-state index contributed by atoms with van der Waals surface area (Å²) in [6.07, 6.45) is 2.86. The SMILES string of the molecule is Cc1cnc(C(=O)NCc2ccc(C(N)=S)cc2F)cn1. The minimum atomic E-state index is -0.476. The van der Waals surface area contributed by atoms with Gasteiger partial charge >= 0.3 is 0 Å². The van der Waals surface area contributed by atoms with Gasteiger partial charge in [0.2, 0.25) is 0 Å². The predicted octanol–water partition coefficient (Wildman–Crippen LogP) is 1.49. The van der Waals surface area contributed by atoms with Crippen LogP contribution in [-0.4, -0.2) is 20.9 Å². The van der Waals surface area contributed by atoms with Gasteiger partial charge in [0.1, 0.15) is 16.5 Å². The Hall–Kier alpha value is -2.41. The van der Waals surface area contributed by atoms with E-state index >= 15 is 0 Å². The van der Waals surface area contributed by atoms with E-state index in [0.29, 0.717) is 16.8 Å². The zero-order chi connectivity index (χ0) is 15.4. The van der Waals surface area contributed by atoms with Crippen LogP contribution in [0.2, 0.25) is 0 Å². The lowest BCUT2D eigenvalue weighted by atomic mass is 10.1. The number of thiocarbonyl (C=S) groups is 1. The van der Waals surface area contributed by atoms with Crippen molar-refractivity contribution >= 4 is 23.1 Å². The van der Waals surface area contributed by atoms with Gasteiger partial charge in [0.05, 0.1) is 11.9 Å². The van der Waals surface area contributed by atoms with E-state index in [-0.39, 0.29) is 17.2 Å². The Morgan fingerprint density at radius 2 is 2.14 bits per heavy atom. The van der Waals surface area contributed by atoms with Gasteiger partial charge in [-0.25, -0.2) is 9.37 Å². The molecule has 1 amide bonds. The van der Waals surface area contributed by atoms with Crippen LogP contribution in [0.15, 0.2) is 30.6 Å². The molecule has 1 aromatic carbocycles. The molecule has 108 valence electrons. The average Bonchev–Trinajstić information content (AvgIpc) is 2.46. The van der Waals surface area contributed by atoms with Crippen LogP contribution in [0.1, 0.15) is 27.3 Å². The van der Waals surface area contributed by atoms with E-state index in [1.54, 1.807) is 13.0 Å². The molecule has 2 aromatic rings. The fourth-order valence-corrected chi connectivity index (χ4v) is 1.75. The predicted molar refractivity (Wildman–Crippen MR) is 80.2 cm³/mol. The Balaban J connectivity index is 2.04. The Morgan fingerprint density at radius 1 is 1.38 bits per heavy atom. The summed E-state index contributed by atoms with van der Waals surface area (Å²) in [4.78, 5) is 19.9. The Kier molecular flexibility index (Phi) is 4.54. The van der Waals surface area contributed by atoms with Crippen LogP contribution in [0.4, 0.5) is 4.39 Å². The number of rotatable bonds is 4. The van der Waals surface area contributed by atoms with E-state index in [0.717, 1.165) is 0 Å². The van der Waals surface area contributed by atoms with Gasteiger partial charge in [-0.2, -0.15) is 0 Å². The number of benzene rings is 1. The maximum Gasteiger partial charge on any atom is 0.271 e. The van der Waals surface area contributed by atoms with Crippen molar-refractivity contribution < 1.29 is 9.18 Å². The number of aromatic nitrogens is 2. The summed E-state index contributed by atoms with van der Waals surface area (Å²) in [7, 11) is 0. The van der Waals surface area contributed by atoms with Crippen LogP contribution in [-0.2, 0) is 6.54 Å². The molecule has 21 heavy (non-hydrogen) atoms. The first-order chi connectivity index (χ1) is 9.97. The van der Waals surface area contributed by atoms with Crippen LogP contribution in [0, 0.1) is 12.7 Å². The molecule has 0 spiro atoms. The minimum absolute atomic E-state index is 0.0395. The summed E-state index contributed by atoms with van der Waals surface area (Å²) in [5.41, 5.74) is 7.10. The molecule has 0 saturated heterocycles. The highest BCUT2D eigenvalue weighted by atomic mass is 32.1. The molecule has 0 saturated carbocycles. The lowest BCUT2D eigenvalue weighted by Gasteiger charge is -2.07. The normalized spacial score (nSPS) is 10.2. The van der Waals surface area contributed by atoms with E-state index in [2.05, 4.69) is 15.3 Å². The fourth-order valence-electron chi connectivity index (χ4n) is 1.62. The van der Waals surface area contributed by atoms with Crippen molar-refractivity contribution in [3.05, 3.63) is 58.9 Å². The number of hydrogen-bond donors (Lipinski definition) is 2. The molecule has 1 heterocycles. The molecule has 7 heteroatoms. The van der Waals surface area contributed by atoms with Crippen molar-refractivity contribution in [1.82, 2.24) is 15.3 Å². The smallest absolute Gasteiger partial charge is 0.271 e. The highest BCUT2D eigenvalue weighted by Gasteiger charge is 2.10. The van der Waals surface area contributed by atoms with Crippen molar-refractivity contribution in [2.75, 3.05) is 0 Å². The largest absolute Gasteiger partial charge is 0.389 e. The summed E-state index contributed by atoms with van der Waals surface area (Å²) in [5.74, 6) is -0.893. The molecule has 0 aliphatic rings. The van der Waals surface area contributed by atoms with Gasteiger partial charge in [0.25, 0.3) is 5.91 Å². The molecule has 2 rings (SSSR count). The Bertz CT molecular complexity index is 688. The number of nitrogens with one attached hydrogen (secondary N) is 1. The number of nitrogens with two attached hydrogens (primary N) is 1. The van der Waals surface area contributed by atoms with Gasteiger partial charge in [-0.1, -0.05) is 24.4 Å². The van der Waals surface area contributed by atoms with E-state index in [9.17, 15) is 9.18 Å². The van der Waals surface area contributed by atoms with Crippen molar-refractivity contribution in [1.29, 1.82) is 0 Å². The first-order valence-corrected chi connectivity index (χ1v) is 6.53. The number of aryl methyl sites for hydroxylation is 1. The number of carbonyl (C=O) groups is 1. The van der Waals surface area contributed by atoms with E-state index < -0.39 is 11.7 Å². The second kappa shape index (κ2) is 6.36. The summed E-state index contributed by atoms with van der Waals surface area (Å²) in [6.45, 7) is 1.81. The second-order valence-corrected chi connectivity index (χ2v) is 4.84. The molecule has 0 radical (unpaired) electrons. The number of nitrogens with zero attached hydrogens (tertiary/aromatic N) is 2. The zero-order valence-corrected chi connectivity index (χ0v) is 12.1. The van der Waals surface area contributed by atoms with Gasteiger partial charge in [-0.05, 0) is 13.0 Å². The second-order valence-electron chi connectivity index (χ2n) is 4.40. The van der Waals surface area contributed by atoms with E-state index in [1.165, 1.54) is 24.5 Å². The van der Waals surface area contributed by atoms with Crippen molar-refractivity contribution in [2.45, 2.75) is 13.5 Å². The summed E-state index contributed by atoms with van der Waals surface area (Å²) < 4.78 is 13.8. The van der Waals surface area contributed by atoms with Crippen LogP contribution >= 0.6 is 12.2 Å². The summed E-state index contributed by atoms with van der Waals surface area (Å²) in [5, 5.41) is 2.58. The number of amides is 1. The first kappa shape index (κ1) is 15.0. The van der Waals surface area contributed by atoms with Crippen LogP contribution in [0.3, 0.4) is 0 Å². The van der Waals surface area contributed by atoms with Crippen LogP contribution in [0.25, 0.3) is 0 Å². The first-order valence-electron chi connectivity index (χ1n) is 6.12. The van der Waals surface area contributed by atoms with E-state index in [4.69, 9.17) is 18.0 Å². The molecule has 0 atom stereocenters. The molecule has 0 bridgehead atoms. The standard InChI is InChI=1S/C14H13FN4OS/c1-8-5-18-12(7-17-8)14(20)19-6-10-3-2-9(13(16)21)4-11(10)15/h2-5,7H,6H2,1H3,(H2,16,21)(H,19,20). The van der Waals surface area contributed by atoms with Gasteiger partial charge in [0, 0.05) is 23.9 Å². The highest BCUT2D eigenvalue weighted by molar-refractivity contribution is 7.80. The molecular formula is C14H13FN4OS. The molecule has 0 unspecified atom stereocenters. The fraction of sp³-hybridized carbons (Fsp3) is 0.143. The Morgan fingerprint density at radius 3 is 2.71 bits per heavy atom. The number of halogens is 1. The lowest BCUT2D eigenvalue weighted by Crippen LogP contribution is -2.24. The third kappa shape index (κ3) is 3.79. The third-order valence-electron chi connectivity index (χ3n) is 2.79. The maximum atomic E-state index is 13.8. The maximum absolute atomic E-state index is 13.8. The molecule has 0 aliphatic heterocycles. The van der Waals surface area contributed by atoms with E-state index in [1.807, 2.05) is 0 Å². The summed E-state index contributed by atoms with van der Waals surface area (Å²) in [6, 6.07) is 4.39. The summed E-state index contributed by atoms with van der Waals surface area (Å²) >= 11 is 4.77. The molecule has 0 aliphatic carbocycles. The van der Waals surface area contributed by atoms with Crippen LogP contribution < -0.4 is 11.1 Å². The van der Waals surface area contributed by atoms with Crippen molar-refractivity contribution in [2.24, 2.45) is 5.73 Å². The molecular weight excluding hydrogens is 291 g/mol. The van der Waals surface area contributed by atoms with Crippen molar-refractivity contribution in [3.8, 4) is 0 Å². The molecule has 0 fully saturated rings. The average molecular weight is 304 g/mol. The Labute approximate surface area is 126 Å². The van der Waals surface area contributed by atoms with Gasteiger partial charge in [-0.15, -0.1) is 0 Å². The van der Waals surface area contributed by atoms with Crippen LogP contribution in [0.5, 0.6) is 0 Å². The number of hydrogen-bond acceptors (Lipinski definition) is 4. The molecule has 3 N–H and O–H groups in total. The zero-order valence-electron chi connectivity index (χ0n) is 11.3. The molecule has 1 aromatic heterocycles. The topological polar surface area (TPSA) is 80.9 Å². The lowest BCUT2D eigenvalue weighted by molar-refractivity contribution is 0.0945. The monoisotopic (exact) mass is 304 g/mol. The van der Waals surface area contributed by atoms with Gasteiger partial charge in [0.15, 0.2) is 0 Å². The number of carbonyl (C=O) groups excluding carboxylic acids is 1. The van der Waals surface area contributed by atoms with Crippen molar-refractivity contribution in [3.63, 3.8) is 0 Å². The van der Waals surface area contributed by atoms with Gasteiger partial charge in [-0.3, -0.25) is 9.78 Å². The quantitative estimate of drug-likeness (QED) is 0.836. The molecule has 5 nitrogen and oxygen atoms in total. The third-order valence-corrected chi connectivity index (χ3v) is 3.03. The van der Waals surface area contributed by atoms with Gasteiger partial charge < -0.3 is 11.1 Å². The highest BCUT2D eigenvalue weighted by Crippen LogP contribution is 2.10. The minimum Gasteiger partial charge on any atom is -0.389 e.